The quantitative estimate of drug-likeness (QED) is 0.0801. The summed E-state index contributed by atoms with van der Waals surface area (Å²) in [5, 5.41) is 23.0. The van der Waals surface area contributed by atoms with E-state index < -0.39 is 42.3 Å². The van der Waals surface area contributed by atoms with Gasteiger partial charge in [-0.3, -0.25) is 19.4 Å². The maximum atomic E-state index is 12.4. The second-order valence-electron chi connectivity index (χ2n) is 7.23. The normalized spacial score (nSPS) is 12.4. The number of nitrogens with two attached hydrogens (primary N) is 3. The highest BCUT2D eigenvalue weighted by atomic mass is 16.4. The van der Waals surface area contributed by atoms with Crippen molar-refractivity contribution in [3.63, 3.8) is 0 Å². The molecule has 0 saturated heterocycles. The number of nitrogens with zero attached hydrogens (tertiary/aromatic N) is 1. The Morgan fingerprint density at radius 2 is 1.48 bits per heavy atom. The summed E-state index contributed by atoms with van der Waals surface area (Å²) in [7, 11) is 0. The molecule has 0 rings (SSSR count). The summed E-state index contributed by atoms with van der Waals surface area (Å²) in [6.45, 7) is 0.951. The first-order valence-corrected chi connectivity index (χ1v) is 10.5. The lowest BCUT2D eigenvalue weighted by molar-refractivity contribution is -0.143. The summed E-state index contributed by atoms with van der Waals surface area (Å²) >= 11 is 0. The summed E-state index contributed by atoms with van der Waals surface area (Å²) in [5.74, 6) is -3.75. The van der Waals surface area contributed by atoms with Crippen LogP contribution >= 0.6 is 0 Å². The Kier molecular flexibility index (Phi) is 15.3. The van der Waals surface area contributed by atoms with Crippen LogP contribution in [0.2, 0.25) is 0 Å². The molecule has 178 valence electrons. The number of nitrogens with one attached hydrogen (secondary N) is 2. The van der Waals surface area contributed by atoms with Crippen LogP contribution < -0.4 is 27.8 Å². The number of aliphatic carboxylic acids is 2. The fraction of sp³-hybridized carbons (Fsp3) is 0.737. The molecule has 0 aromatic rings. The van der Waals surface area contributed by atoms with Gasteiger partial charge in [0.25, 0.3) is 0 Å². The number of guanidine groups is 1. The van der Waals surface area contributed by atoms with Crippen LogP contribution in [-0.4, -0.2) is 65.1 Å². The predicted molar refractivity (Wildman–Crippen MR) is 115 cm³/mol. The highest BCUT2D eigenvalue weighted by molar-refractivity contribution is 5.92. The molecule has 0 heterocycles. The zero-order valence-electron chi connectivity index (χ0n) is 17.8. The molecule has 10 N–H and O–H groups in total. The van der Waals surface area contributed by atoms with Crippen LogP contribution in [0.1, 0.15) is 64.2 Å². The number of amides is 2. The van der Waals surface area contributed by atoms with Crippen molar-refractivity contribution in [1.29, 1.82) is 0 Å². The zero-order chi connectivity index (χ0) is 23.6. The van der Waals surface area contributed by atoms with Crippen molar-refractivity contribution in [2.75, 3.05) is 13.1 Å². The van der Waals surface area contributed by atoms with Gasteiger partial charge in [0.05, 0.1) is 6.42 Å². The van der Waals surface area contributed by atoms with Crippen LogP contribution in [0.3, 0.4) is 0 Å². The smallest absolute Gasteiger partial charge is 0.326 e. The van der Waals surface area contributed by atoms with E-state index in [0.29, 0.717) is 32.4 Å². The SMILES string of the molecule is NCCCC[C@H](NC(=O)[C@H](CC(=O)O)NC(=O)CCCCCCCN=C(N)N)C(=O)O. The molecule has 0 aromatic carbocycles. The summed E-state index contributed by atoms with van der Waals surface area (Å²) in [6, 6.07) is -2.52. The van der Waals surface area contributed by atoms with Crippen LogP contribution in [0, 0.1) is 0 Å². The first kappa shape index (κ1) is 28.1. The second-order valence-corrected chi connectivity index (χ2v) is 7.23. The molecule has 2 amide bonds. The van der Waals surface area contributed by atoms with E-state index in [4.69, 9.17) is 22.3 Å². The first-order valence-electron chi connectivity index (χ1n) is 10.5. The third-order valence-electron chi connectivity index (χ3n) is 4.45. The molecule has 0 aliphatic rings. The maximum Gasteiger partial charge on any atom is 0.326 e. The molecule has 0 fully saturated rings. The number of aliphatic imine (C=N–C) groups is 1. The fourth-order valence-electron chi connectivity index (χ4n) is 2.81. The van der Waals surface area contributed by atoms with Gasteiger partial charge in [-0.15, -0.1) is 0 Å². The van der Waals surface area contributed by atoms with E-state index in [2.05, 4.69) is 15.6 Å². The van der Waals surface area contributed by atoms with E-state index in [-0.39, 0.29) is 18.8 Å². The van der Waals surface area contributed by atoms with E-state index >= 15 is 0 Å². The van der Waals surface area contributed by atoms with Gasteiger partial charge in [0.15, 0.2) is 5.96 Å². The Hall–Kier alpha value is -2.89. The molecule has 0 radical (unpaired) electrons. The molecule has 0 aliphatic carbocycles. The van der Waals surface area contributed by atoms with Crippen molar-refractivity contribution in [2.45, 2.75) is 76.3 Å². The van der Waals surface area contributed by atoms with Crippen molar-refractivity contribution in [1.82, 2.24) is 10.6 Å². The number of carboxylic acids is 2. The minimum absolute atomic E-state index is 0.0573. The second kappa shape index (κ2) is 16.9. The lowest BCUT2D eigenvalue weighted by atomic mass is 10.1. The number of carbonyl (C=O) groups excluding carboxylic acids is 2. The Morgan fingerprint density at radius 3 is 2.06 bits per heavy atom. The lowest BCUT2D eigenvalue weighted by Crippen LogP contribution is -2.52. The molecule has 12 nitrogen and oxygen atoms in total. The minimum Gasteiger partial charge on any atom is -0.481 e. The van der Waals surface area contributed by atoms with Crippen molar-refractivity contribution in [2.24, 2.45) is 22.2 Å². The van der Waals surface area contributed by atoms with Gasteiger partial charge < -0.3 is 38.0 Å². The number of rotatable bonds is 18. The van der Waals surface area contributed by atoms with Crippen molar-refractivity contribution in [3.8, 4) is 0 Å². The van der Waals surface area contributed by atoms with Gasteiger partial charge in [0, 0.05) is 13.0 Å². The van der Waals surface area contributed by atoms with Gasteiger partial charge in [-0.1, -0.05) is 19.3 Å². The van der Waals surface area contributed by atoms with Gasteiger partial charge in [-0.2, -0.15) is 0 Å². The molecule has 0 bridgehead atoms. The number of carbonyl (C=O) groups is 4. The number of hydrogen-bond acceptors (Lipinski definition) is 6. The topological polar surface area (TPSA) is 223 Å². The van der Waals surface area contributed by atoms with Crippen molar-refractivity contribution >= 4 is 29.7 Å². The lowest BCUT2D eigenvalue weighted by Gasteiger charge is -2.20. The van der Waals surface area contributed by atoms with Crippen molar-refractivity contribution < 1.29 is 29.4 Å². The van der Waals surface area contributed by atoms with Gasteiger partial charge in [0.2, 0.25) is 11.8 Å². The summed E-state index contributed by atoms with van der Waals surface area (Å²) in [6.07, 6.45) is 4.74. The van der Waals surface area contributed by atoms with Gasteiger partial charge in [-0.25, -0.2) is 4.79 Å². The Morgan fingerprint density at radius 1 is 0.839 bits per heavy atom. The Bertz CT molecular complexity index is 609. The third kappa shape index (κ3) is 15.6. The predicted octanol–water partition coefficient (Wildman–Crippen LogP) is -0.742. The van der Waals surface area contributed by atoms with E-state index in [9.17, 15) is 24.3 Å². The van der Waals surface area contributed by atoms with Gasteiger partial charge in [-0.05, 0) is 38.6 Å². The van der Waals surface area contributed by atoms with Gasteiger partial charge >= 0.3 is 11.9 Å². The van der Waals surface area contributed by atoms with Crippen LogP contribution in [0.5, 0.6) is 0 Å². The zero-order valence-corrected chi connectivity index (χ0v) is 17.8. The van der Waals surface area contributed by atoms with Crippen LogP contribution in [-0.2, 0) is 19.2 Å². The van der Waals surface area contributed by atoms with E-state index in [1.54, 1.807) is 0 Å². The van der Waals surface area contributed by atoms with Crippen LogP contribution in [0.15, 0.2) is 4.99 Å². The summed E-state index contributed by atoms with van der Waals surface area (Å²) in [5.41, 5.74) is 15.8. The van der Waals surface area contributed by atoms with E-state index in [1.165, 1.54) is 0 Å². The van der Waals surface area contributed by atoms with Gasteiger partial charge in [0.1, 0.15) is 12.1 Å². The largest absolute Gasteiger partial charge is 0.481 e. The molecule has 0 saturated carbocycles. The maximum absolute atomic E-state index is 12.4. The number of unbranched alkanes of at least 4 members (excludes halogenated alkanes) is 5. The summed E-state index contributed by atoms with van der Waals surface area (Å²) < 4.78 is 0. The average Bonchev–Trinajstić information content (AvgIpc) is 2.68. The third-order valence-corrected chi connectivity index (χ3v) is 4.45. The molecular formula is C19H36N6O6. The fourth-order valence-corrected chi connectivity index (χ4v) is 2.81. The molecule has 0 unspecified atom stereocenters. The number of carboxylic acid groups (broad SMARTS) is 2. The molecule has 2 atom stereocenters. The molecule has 0 aliphatic heterocycles. The van der Waals surface area contributed by atoms with Crippen LogP contribution in [0.25, 0.3) is 0 Å². The standard InChI is InChI=1S/C19H36N6O6/c20-10-6-5-8-13(18(30)31)25-17(29)14(12-16(27)28)24-15(26)9-4-2-1-3-7-11-23-19(21)22/h13-14H,1-12,20H2,(H,24,26)(H,25,29)(H,27,28)(H,30,31)(H4,21,22,23)/t13-,14-/m0/s1. The minimum atomic E-state index is -1.35. The van der Waals surface area contributed by atoms with Crippen LogP contribution in [0.4, 0.5) is 0 Å². The van der Waals surface area contributed by atoms with Crippen molar-refractivity contribution in [3.05, 3.63) is 0 Å². The monoisotopic (exact) mass is 444 g/mol. The molecular weight excluding hydrogens is 408 g/mol. The average molecular weight is 445 g/mol. The Balaban J connectivity index is 4.47. The summed E-state index contributed by atoms with van der Waals surface area (Å²) in [4.78, 5) is 50.8. The first-order chi connectivity index (χ1) is 14.7. The Labute approximate surface area is 182 Å². The highest BCUT2D eigenvalue weighted by Crippen LogP contribution is 2.07. The number of hydrogen-bond donors (Lipinski definition) is 7. The van der Waals surface area contributed by atoms with E-state index in [0.717, 1.165) is 25.7 Å². The van der Waals surface area contributed by atoms with E-state index in [1.807, 2.05) is 0 Å². The molecule has 12 heteroatoms. The molecule has 0 aromatic heterocycles. The molecule has 0 spiro atoms. The molecule has 31 heavy (non-hydrogen) atoms. The highest BCUT2D eigenvalue weighted by Gasteiger charge is 2.27.